The molecule has 0 saturated carbocycles. The lowest BCUT2D eigenvalue weighted by Crippen LogP contribution is -2.39. The van der Waals surface area contributed by atoms with Gasteiger partial charge in [0.25, 0.3) is 0 Å². The maximum absolute atomic E-state index is 13.0. The number of aromatic hydroxyl groups is 1. The van der Waals surface area contributed by atoms with Gasteiger partial charge in [-0.25, -0.2) is 0 Å². The number of fused-ring (bicyclic) bond motifs is 1. The monoisotopic (exact) mass is 394 g/mol. The first-order chi connectivity index (χ1) is 13.4. The first kappa shape index (κ1) is 20.9. The number of carbonyl (C=O) groups excluding carboxylic acids is 2. The molecule has 1 atom stereocenters. The normalized spacial score (nSPS) is 16.8. The van der Waals surface area contributed by atoms with E-state index in [1.807, 2.05) is 39.0 Å². The number of anilines is 2. The zero-order valence-electron chi connectivity index (χ0n) is 18.0. The second-order valence-electron chi connectivity index (χ2n) is 9.75. The Bertz CT molecular complexity index is 965. The van der Waals surface area contributed by atoms with Crippen LogP contribution in [0.1, 0.15) is 63.0 Å². The fourth-order valence-corrected chi connectivity index (χ4v) is 3.69. The molecule has 5 heteroatoms. The molecule has 1 unspecified atom stereocenters. The van der Waals surface area contributed by atoms with Gasteiger partial charge in [-0.2, -0.15) is 0 Å². The van der Waals surface area contributed by atoms with E-state index in [-0.39, 0.29) is 34.8 Å². The first-order valence-corrected chi connectivity index (χ1v) is 9.95. The Balaban J connectivity index is 1.95. The van der Waals surface area contributed by atoms with Crippen LogP contribution in [-0.4, -0.2) is 23.3 Å². The molecule has 3 N–H and O–H groups in total. The Hall–Kier alpha value is -2.82. The molecule has 0 fully saturated rings. The molecule has 0 saturated heterocycles. The van der Waals surface area contributed by atoms with Crippen LogP contribution >= 0.6 is 0 Å². The van der Waals surface area contributed by atoms with E-state index < -0.39 is 5.92 Å². The highest BCUT2D eigenvalue weighted by Crippen LogP contribution is 2.40. The van der Waals surface area contributed by atoms with E-state index in [1.54, 1.807) is 18.2 Å². The number of hydrogen-bond donors (Lipinski definition) is 3. The highest BCUT2D eigenvalue weighted by molar-refractivity contribution is 6.17. The minimum Gasteiger partial charge on any atom is -0.508 e. The van der Waals surface area contributed by atoms with Gasteiger partial charge in [-0.3, -0.25) is 9.59 Å². The van der Waals surface area contributed by atoms with E-state index in [0.717, 1.165) is 16.8 Å². The minimum absolute atomic E-state index is 0.138. The molecular formula is C24H30N2O3. The summed E-state index contributed by atoms with van der Waals surface area (Å²) in [6.45, 7) is 12.5. The van der Waals surface area contributed by atoms with Crippen molar-refractivity contribution in [3.05, 3.63) is 53.1 Å². The summed E-state index contributed by atoms with van der Waals surface area (Å²) < 4.78 is 0. The fraction of sp³-hybridized carbons (Fsp3) is 0.417. The minimum atomic E-state index is -0.817. The number of nitrogens with one attached hydrogen (secondary N) is 2. The van der Waals surface area contributed by atoms with Crippen LogP contribution in [0, 0.1) is 5.92 Å². The molecule has 29 heavy (non-hydrogen) atoms. The van der Waals surface area contributed by atoms with Crippen LogP contribution < -0.4 is 10.6 Å². The summed E-state index contributed by atoms with van der Waals surface area (Å²) in [7, 11) is 0. The number of ketones is 1. The Morgan fingerprint density at radius 2 is 1.66 bits per heavy atom. The SMILES string of the molecule is CC(C)(C)c1cc(C(C)(C)C)c(NC(=O)C2CNc3ccccc3C2=O)cc1O. The number of benzene rings is 2. The maximum Gasteiger partial charge on any atom is 0.237 e. The first-order valence-electron chi connectivity index (χ1n) is 9.95. The number of phenolic OH excluding ortho intramolecular Hbond substituents is 1. The number of hydrogen-bond acceptors (Lipinski definition) is 4. The molecule has 1 aliphatic heterocycles. The summed E-state index contributed by atoms with van der Waals surface area (Å²) in [5, 5.41) is 16.7. The predicted octanol–water partition coefficient (Wildman–Crippen LogP) is 4.85. The highest BCUT2D eigenvalue weighted by atomic mass is 16.3. The number of Topliss-reactive ketones (excluding diaryl/α,β-unsaturated/α-hetero) is 1. The summed E-state index contributed by atoms with van der Waals surface area (Å²) in [6.07, 6.45) is 0. The predicted molar refractivity (Wildman–Crippen MR) is 117 cm³/mol. The number of carbonyl (C=O) groups is 2. The molecule has 0 radical (unpaired) electrons. The zero-order valence-corrected chi connectivity index (χ0v) is 18.0. The molecule has 5 nitrogen and oxygen atoms in total. The molecule has 0 aromatic heterocycles. The molecule has 1 heterocycles. The third kappa shape index (κ3) is 4.14. The second-order valence-corrected chi connectivity index (χ2v) is 9.75. The van der Waals surface area contributed by atoms with Gasteiger partial charge in [-0.15, -0.1) is 0 Å². The molecule has 3 rings (SSSR count). The Labute approximate surface area is 172 Å². The largest absolute Gasteiger partial charge is 0.508 e. The summed E-state index contributed by atoms with van der Waals surface area (Å²) in [6, 6.07) is 10.8. The maximum atomic E-state index is 13.0. The van der Waals surface area contributed by atoms with Crippen LogP contribution in [0.15, 0.2) is 36.4 Å². The van der Waals surface area contributed by atoms with E-state index in [4.69, 9.17) is 0 Å². The van der Waals surface area contributed by atoms with Crippen molar-refractivity contribution in [2.24, 2.45) is 5.92 Å². The topological polar surface area (TPSA) is 78.4 Å². The molecule has 1 aliphatic rings. The number of phenols is 1. The number of para-hydroxylation sites is 1. The van der Waals surface area contributed by atoms with Crippen molar-refractivity contribution in [2.75, 3.05) is 17.2 Å². The lowest BCUT2D eigenvalue weighted by Gasteiger charge is -2.29. The van der Waals surface area contributed by atoms with Crippen LogP contribution in [0.25, 0.3) is 0 Å². The van der Waals surface area contributed by atoms with Gasteiger partial charge < -0.3 is 15.7 Å². The second kappa shape index (κ2) is 7.21. The summed E-state index contributed by atoms with van der Waals surface area (Å²) in [5.41, 5.74) is 3.08. The molecule has 1 amide bonds. The van der Waals surface area contributed by atoms with Gasteiger partial charge in [0.15, 0.2) is 5.78 Å². The number of rotatable bonds is 2. The Morgan fingerprint density at radius 1 is 1.03 bits per heavy atom. The lowest BCUT2D eigenvalue weighted by molar-refractivity contribution is -0.118. The highest BCUT2D eigenvalue weighted by Gasteiger charge is 2.34. The molecule has 0 bridgehead atoms. The van der Waals surface area contributed by atoms with Gasteiger partial charge in [0.05, 0.1) is 0 Å². The average molecular weight is 395 g/mol. The van der Waals surface area contributed by atoms with Gasteiger partial charge in [-0.05, 0) is 40.2 Å². The quantitative estimate of drug-likeness (QED) is 0.636. The van der Waals surface area contributed by atoms with E-state index in [2.05, 4.69) is 31.4 Å². The van der Waals surface area contributed by atoms with Crippen molar-refractivity contribution in [1.29, 1.82) is 0 Å². The van der Waals surface area contributed by atoms with Crippen molar-refractivity contribution < 1.29 is 14.7 Å². The third-order valence-corrected chi connectivity index (χ3v) is 5.33. The van der Waals surface area contributed by atoms with Crippen LogP contribution in [0.3, 0.4) is 0 Å². The third-order valence-electron chi connectivity index (χ3n) is 5.33. The molecule has 0 spiro atoms. The van der Waals surface area contributed by atoms with Crippen molar-refractivity contribution in [3.63, 3.8) is 0 Å². The fourth-order valence-electron chi connectivity index (χ4n) is 3.69. The summed E-state index contributed by atoms with van der Waals surface area (Å²) in [5.74, 6) is -1.24. The van der Waals surface area contributed by atoms with Crippen molar-refractivity contribution in [2.45, 2.75) is 52.4 Å². The molecule has 0 aliphatic carbocycles. The molecular weight excluding hydrogens is 364 g/mol. The molecule has 154 valence electrons. The summed E-state index contributed by atoms with van der Waals surface area (Å²) >= 11 is 0. The van der Waals surface area contributed by atoms with Crippen molar-refractivity contribution in [3.8, 4) is 5.75 Å². The van der Waals surface area contributed by atoms with Crippen LogP contribution in [0.4, 0.5) is 11.4 Å². The smallest absolute Gasteiger partial charge is 0.237 e. The lowest BCUT2D eigenvalue weighted by atomic mass is 9.79. The van der Waals surface area contributed by atoms with Gasteiger partial charge in [0.1, 0.15) is 11.7 Å². The van der Waals surface area contributed by atoms with E-state index >= 15 is 0 Å². The van der Waals surface area contributed by atoms with E-state index in [1.165, 1.54) is 0 Å². The Morgan fingerprint density at radius 3 is 2.28 bits per heavy atom. The van der Waals surface area contributed by atoms with Gasteiger partial charge in [-0.1, -0.05) is 53.7 Å². The number of amides is 1. The average Bonchev–Trinajstić information content (AvgIpc) is 2.60. The van der Waals surface area contributed by atoms with Crippen molar-refractivity contribution >= 4 is 23.1 Å². The zero-order chi connectivity index (χ0) is 21.6. The van der Waals surface area contributed by atoms with E-state index in [0.29, 0.717) is 11.3 Å². The van der Waals surface area contributed by atoms with Crippen LogP contribution in [0.2, 0.25) is 0 Å². The van der Waals surface area contributed by atoms with E-state index in [9.17, 15) is 14.7 Å². The van der Waals surface area contributed by atoms with Crippen LogP contribution in [-0.2, 0) is 15.6 Å². The Kier molecular flexibility index (Phi) is 5.20. The van der Waals surface area contributed by atoms with Crippen molar-refractivity contribution in [1.82, 2.24) is 0 Å². The van der Waals surface area contributed by atoms with Gasteiger partial charge >= 0.3 is 0 Å². The summed E-state index contributed by atoms with van der Waals surface area (Å²) in [4.78, 5) is 25.8. The molecule has 2 aromatic carbocycles. The van der Waals surface area contributed by atoms with Crippen LogP contribution in [0.5, 0.6) is 5.75 Å². The van der Waals surface area contributed by atoms with Gasteiger partial charge in [0, 0.05) is 29.5 Å². The molecule has 2 aromatic rings. The standard InChI is InChI=1S/C24H30N2O3/c1-23(2,3)16-11-17(24(4,5)6)20(27)12-19(16)26-22(29)15-13-25-18-10-8-7-9-14(18)21(15)28/h7-12,15,25,27H,13H2,1-6H3,(H,26,29). The van der Waals surface area contributed by atoms with Gasteiger partial charge in [0.2, 0.25) is 5.91 Å².